The maximum absolute atomic E-state index is 10.4. The molecule has 0 fully saturated rings. The van der Waals surface area contributed by atoms with Gasteiger partial charge in [-0.05, 0) is 48.7 Å². The molecule has 2 aromatic carbocycles. The first kappa shape index (κ1) is 20.0. The molecule has 2 rings (SSSR count). The lowest BCUT2D eigenvalue weighted by Gasteiger charge is -2.25. The Balaban J connectivity index is 1.97. The number of hydrogen-bond donors (Lipinski definition) is 2. The molecule has 0 saturated heterocycles. The number of ether oxygens (including phenoxy) is 3. The van der Waals surface area contributed by atoms with Gasteiger partial charge in [-0.3, -0.25) is 0 Å². The summed E-state index contributed by atoms with van der Waals surface area (Å²) < 4.78 is 15.6. The highest BCUT2D eigenvalue weighted by Crippen LogP contribution is 2.30. The van der Waals surface area contributed by atoms with E-state index in [0.717, 1.165) is 16.4 Å². The number of hydroxylamine groups is 2. The minimum atomic E-state index is -0.849. The zero-order valence-electron chi connectivity index (χ0n) is 15.7. The van der Waals surface area contributed by atoms with Crippen LogP contribution >= 0.6 is 0 Å². The average Bonchev–Trinajstić information content (AvgIpc) is 2.67. The fourth-order valence-corrected chi connectivity index (χ4v) is 2.73. The van der Waals surface area contributed by atoms with Gasteiger partial charge in [0.15, 0.2) is 11.5 Å². The molecule has 6 nitrogen and oxygen atoms in total. The third-order valence-corrected chi connectivity index (χ3v) is 4.35. The van der Waals surface area contributed by atoms with Crippen LogP contribution < -0.4 is 14.2 Å². The van der Waals surface area contributed by atoms with E-state index in [0.29, 0.717) is 23.5 Å². The van der Waals surface area contributed by atoms with E-state index >= 15 is 0 Å². The highest BCUT2D eigenvalue weighted by atomic mass is 16.5. The second kappa shape index (κ2) is 9.43. The molecular weight excluding hydrogens is 334 g/mol. The second-order valence-corrected chi connectivity index (χ2v) is 6.15. The van der Waals surface area contributed by atoms with Crippen molar-refractivity contribution in [3.05, 3.63) is 53.6 Å². The maximum atomic E-state index is 10.4. The Kier molecular flexibility index (Phi) is 7.26. The summed E-state index contributed by atoms with van der Waals surface area (Å²) in [4.78, 5) is 0. The predicted octanol–water partition coefficient (Wildman–Crippen LogP) is 3.07. The summed E-state index contributed by atoms with van der Waals surface area (Å²) in [5, 5.41) is 21.9. The molecule has 2 N–H and O–H groups in total. The van der Waals surface area contributed by atoms with Crippen molar-refractivity contribution in [2.75, 3.05) is 27.9 Å². The van der Waals surface area contributed by atoms with Crippen molar-refractivity contribution in [3.63, 3.8) is 0 Å². The molecule has 0 radical (unpaired) electrons. The smallest absolute Gasteiger partial charge is 0.161 e. The van der Waals surface area contributed by atoms with Crippen LogP contribution in [0.15, 0.2) is 42.5 Å². The second-order valence-electron chi connectivity index (χ2n) is 6.15. The molecule has 0 spiro atoms. The Morgan fingerprint density at radius 1 is 0.923 bits per heavy atom. The summed E-state index contributed by atoms with van der Waals surface area (Å²) in [5.41, 5.74) is 1.73. The van der Waals surface area contributed by atoms with Crippen molar-refractivity contribution >= 4 is 0 Å². The average molecular weight is 361 g/mol. The van der Waals surface area contributed by atoms with E-state index in [1.54, 1.807) is 39.5 Å². The first-order valence-corrected chi connectivity index (χ1v) is 8.47. The molecule has 0 aliphatic heterocycles. The standard InChI is InChI=1S/C20H27NO5/c1-14(11-15-5-8-17(24-2)9-6-15)21(23)13-18(22)16-7-10-19(25-3)20(12-16)26-4/h5-10,12,14,18,22-23H,11,13H2,1-4H3. The van der Waals surface area contributed by atoms with Gasteiger partial charge in [0.25, 0.3) is 0 Å². The minimum Gasteiger partial charge on any atom is -0.497 e. The van der Waals surface area contributed by atoms with Gasteiger partial charge in [0.2, 0.25) is 0 Å². The fourth-order valence-electron chi connectivity index (χ4n) is 2.73. The Morgan fingerprint density at radius 3 is 2.15 bits per heavy atom. The fraction of sp³-hybridized carbons (Fsp3) is 0.400. The van der Waals surface area contributed by atoms with Crippen LogP contribution in [0.5, 0.6) is 17.2 Å². The van der Waals surface area contributed by atoms with Gasteiger partial charge in [-0.15, -0.1) is 0 Å². The highest BCUT2D eigenvalue weighted by Gasteiger charge is 2.19. The maximum Gasteiger partial charge on any atom is 0.161 e. The molecule has 0 heterocycles. The number of nitrogens with zero attached hydrogens (tertiary/aromatic N) is 1. The molecule has 26 heavy (non-hydrogen) atoms. The van der Waals surface area contributed by atoms with Crippen LogP contribution in [-0.4, -0.2) is 49.3 Å². The number of rotatable bonds is 9. The Bertz CT molecular complexity index is 689. The summed E-state index contributed by atoms with van der Waals surface area (Å²) in [6.07, 6.45) is -0.197. The van der Waals surface area contributed by atoms with Gasteiger partial charge >= 0.3 is 0 Å². The third kappa shape index (κ3) is 5.11. The van der Waals surface area contributed by atoms with Crippen molar-refractivity contribution in [2.45, 2.75) is 25.5 Å². The van der Waals surface area contributed by atoms with Gasteiger partial charge in [-0.25, -0.2) is 0 Å². The molecule has 0 bridgehead atoms. The summed E-state index contributed by atoms with van der Waals surface area (Å²) in [5.74, 6) is 1.93. The van der Waals surface area contributed by atoms with Crippen LogP contribution in [0.4, 0.5) is 0 Å². The molecule has 0 aromatic heterocycles. The van der Waals surface area contributed by atoms with Crippen LogP contribution in [0.1, 0.15) is 24.2 Å². The van der Waals surface area contributed by atoms with Gasteiger partial charge in [-0.2, -0.15) is 5.06 Å². The summed E-state index contributed by atoms with van der Waals surface area (Å²) in [6, 6.07) is 12.8. The first-order valence-electron chi connectivity index (χ1n) is 8.47. The Morgan fingerprint density at radius 2 is 1.58 bits per heavy atom. The van der Waals surface area contributed by atoms with E-state index in [4.69, 9.17) is 14.2 Å². The van der Waals surface area contributed by atoms with Crippen molar-refractivity contribution in [2.24, 2.45) is 0 Å². The van der Waals surface area contributed by atoms with E-state index in [1.165, 1.54) is 0 Å². The third-order valence-electron chi connectivity index (χ3n) is 4.35. The number of methoxy groups -OCH3 is 3. The van der Waals surface area contributed by atoms with Crippen molar-refractivity contribution in [3.8, 4) is 17.2 Å². The van der Waals surface area contributed by atoms with Gasteiger partial charge in [0.1, 0.15) is 5.75 Å². The minimum absolute atomic E-state index is 0.0901. The quantitative estimate of drug-likeness (QED) is 0.669. The molecule has 0 aliphatic carbocycles. The Hall–Kier alpha value is -2.28. The molecule has 2 aromatic rings. The monoisotopic (exact) mass is 361 g/mol. The molecule has 6 heteroatoms. The highest BCUT2D eigenvalue weighted by molar-refractivity contribution is 5.43. The van der Waals surface area contributed by atoms with E-state index in [-0.39, 0.29) is 12.6 Å². The van der Waals surface area contributed by atoms with Crippen LogP contribution in [0.2, 0.25) is 0 Å². The summed E-state index contributed by atoms with van der Waals surface area (Å²) >= 11 is 0. The summed E-state index contributed by atoms with van der Waals surface area (Å²) in [7, 11) is 4.73. The molecular formula is C20H27NO5. The van der Waals surface area contributed by atoms with Crippen molar-refractivity contribution in [1.82, 2.24) is 5.06 Å². The molecule has 2 unspecified atom stereocenters. The van der Waals surface area contributed by atoms with E-state index < -0.39 is 6.10 Å². The predicted molar refractivity (Wildman–Crippen MR) is 99.2 cm³/mol. The first-order chi connectivity index (χ1) is 12.5. The summed E-state index contributed by atoms with van der Waals surface area (Å²) in [6.45, 7) is 2.00. The topological polar surface area (TPSA) is 71.4 Å². The molecule has 2 atom stereocenters. The van der Waals surface area contributed by atoms with Crippen LogP contribution in [0.25, 0.3) is 0 Å². The van der Waals surface area contributed by atoms with Crippen LogP contribution in [0.3, 0.4) is 0 Å². The Labute approximate surface area is 154 Å². The van der Waals surface area contributed by atoms with Crippen LogP contribution in [0, 0.1) is 0 Å². The van der Waals surface area contributed by atoms with Gasteiger partial charge < -0.3 is 24.5 Å². The zero-order chi connectivity index (χ0) is 19.1. The molecule has 0 amide bonds. The van der Waals surface area contributed by atoms with Crippen molar-refractivity contribution < 1.29 is 24.5 Å². The largest absolute Gasteiger partial charge is 0.497 e. The van der Waals surface area contributed by atoms with Crippen molar-refractivity contribution in [1.29, 1.82) is 0 Å². The lowest BCUT2D eigenvalue weighted by Crippen LogP contribution is -2.35. The number of hydrogen-bond acceptors (Lipinski definition) is 6. The number of aliphatic hydroxyl groups excluding tert-OH is 1. The van der Waals surface area contributed by atoms with Gasteiger partial charge in [0.05, 0.1) is 34.0 Å². The number of aliphatic hydroxyl groups is 1. The van der Waals surface area contributed by atoms with E-state index in [1.807, 2.05) is 31.2 Å². The molecule has 142 valence electrons. The number of benzene rings is 2. The normalized spacial score (nSPS) is 13.3. The lowest BCUT2D eigenvalue weighted by molar-refractivity contribution is -0.141. The molecule has 0 saturated carbocycles. The van der Waals surface area contributed by atoms with E-state index in [2.05, 4.69) is 0 Å². The molecule has 0 aliphatic rings. The van der Waals surface area contributed by atoms with Crippen LogP contribution in [-0.2, 0) is 6.42 Å². The zero-order valence-corrected chi connectivity index (χ0v) is 15.7. The SMILES string of the molecule is COc1ccc(CC(C)N(O)CC(O)c2ccc(OC)c(OC)c2)cc1. The lowest BCUT2D eigenvalue weighted by atomic mass is 10.1. The van der Waals surface area contributed by atoms with E-state index in [9.17, 15) is 10.3 Å². The van der Waals surface area contributed by atoms with Gasteiger partial charge in [0, 0.05) is 6.04 Å². The van der Waals surface area contributed by atoms with Gasteiger partial charge in [-0.1, -0.05) is 18.2 Å².